The van der Waals surface area contributed by atoms with Gasteiger partial charge in [0.15, 0.2) is 0 Å². The molecule has 7 heteroatoms. The second-order valence-corrected chi connectivity index (χ2v) is 6.13. The number of piperidine rings is 1. The highest BCUT2D eigenvalue weighted by Gasteiger charge is 2.25. The normalized spacial score (nSPS) is 18.0. The maximum atomic E-state index is 12.2. The van der Waals surface area contributed by atoms with E-state index in [0.29, 0.717) is 6.54 Å². The number of hydrogen-bond acceptors (Lipinski definition) is 5. The number of hydrogen-bond donors (Lipinski definition) is 3. The van der Waals surface area contributed by atoms with Crippen molar-refractivity contribution in [1.82, 2.24) is 16.0 Å². The summed E-state index contributed by atoms with van der Waals surface area (Å²) < 4.78 is 5.25. The summed E-state index contributed by atoms with van der Waals surface area (Å²) in [5.74, 6) is -1.14. The molecule has 1 fully saturated rings. The highest BCUT2D eigenvalue weighted by molar-refractivity contribution is 5.85. The first-order valence-corrected chi connectivity index (χ1v) is 8.52. The minimum Gasteiger partial charge on any atom is -0.459 e. The zero-order chi connectivity index (χ0) is 18.1. The van der Waals surface area contributed by atoms with Gasteiger partial charge >= 0.3 is 5.97 Å². The standard InChI is InChI=1S/C18H25N3O4/c1-13(22)21-16(11-20-17(23)15-8-5-9-19-10-15)18(24)25-12-14-6-3-2-4-7-14/h2-4,6-7,15-16,19H,5,8-12H2,1H3,(H,20,23)(H,21,22)/t15-,16?/m1/s1. The van der Waals surface area contributed by atoms with E-state index in [9.17, 15) is 14.4 Å². The molecule has 0 aromatic heterocycles. The molecule has 0 bridgehead atoms. The third-order valence-corrected chi connectivity index (χ3v) is 4.03. The number of ether oxygens (including phenoxy) is 1. The Morgan fingerprint density at radius 2 is 2.04 bits per heavy atom. The van der Waals surface area contributed by atoms with Crippen LogP contribution in [0.3, 0.4) is 0 Å². The number of carbonyl (C=O) groups excluding carboxylic acids is 3. The molecule has 1 unspecified atom stereocenters. The number of rotatable bonds is 7. The molecule has 0 radical (unpaired) electrons. The van der Waals surface area contributed by atoms with Gasteiger partial charge in [-0.1, -0.05) is 30.3 Å². The molecule has 1 aromatic carbocycles. The quantitative estimate of drug-likeness (QED) is 0.619. The first-order chi connectivity index (χ1) is 12.1. The Hall–Kier alpha value is -2.41. The Morgan fingerprint density at radius 3 is 2.68 bits per heavy atom. The maximum absolute atomic E-state index is 12.2. The Bertz CT molecular complexity index is 585. The first kappa shape index (κ1) is 18.9. The molecule has 1 aliphatic heterocycles. The van der Waals surface area contributed by atoms with Gasteiger partial charge in [-0.2, -0.15) is 0 Å². The molecule has 2 atom stereocenters. The third kappa shape index (κ3) is 6.54. The van der Waals surface area contributed by atoms with E-state index in [4.69, 9.17) is 4.74 Å². The van der Waals surface area contributed by atoms with Crippen molar-refractivity contribution >= 4 is 17.8 Å². The largest absolute Gasteiger partial charge is 0.459 e. The van der Waals surface area contributed by atoms with Crippen LogP contribution in [0.5, 0.6) is 0 Å². The molecule has 25 heavy (non-hydrogen) atoms. The van der Waals surface area contributed by atoms with Crippen molar-refractivity contribution in [3.05, 3.63) is 35.9 Å². The van der Waals surface area contributed by atoms with Crippen molar-refractivity contribution in [3.63, 3.8) is 0 Å². The molecule has 1 aromatic rings. The van der Waals surface area contributed by atoms with Crippen molar-refractivity contribution < 1.29 is 19.1 Å². The lowest BCUT2D eigenvalue weighted by molar-refractivity contribution is -0.149. The van der Waals surface area contributed by atoms with Crippen molar-refractivity contribution in [2.24, 2.45) is 5.92 Å². The van der Waals surface area contributed by atoms with E-state index >= 15 is 0 Å². The summed E-state index contributed by atoms with van der Waals surface area (Å²) in [5, 5.41) is 8.45. The fourth-order valence-electron chi connectivity index (χ4n) is 2.69. The second-order valence-electron chi connectivity index (χ2n) is 6.13. The summed E-state index contributed by atoms with van der Waals surface area (Å²) in [6.07, 6.45) is 1.77. The molecule has 1 aliphatic rings. The Kier molecular flexibility index (Phi) is 7.40. The predicted octanol–water partition coefficient (Wildman–Crippen LogP) is 0.350. The Morgan fingerprint density at radius 1 is 1.28 bits per heavy atom. The van der Waals surface area contributed by atoms with Crippen LogP contribution < -0.4 is 16.0 Å². The number of nitrogens with one attached hydrogen (secondary N) is 3. The molecule has 0 saturated carbocycles. The van der Waals surface area contributed by atoms with Crippen LogP contribution in [-0.2, 0) is 25.7 Å². The van der Waals surface area contributed by atoms with Gasteiger partial charge in [0.2, 0.25) is 11.8 Å². The molecule has 1 saturated heterocycles. The second kappa shape index (κ2) is 9.78. The van der Waals surface area contributed by atoms with E-state index in [-0.39, 0.29) is 30.9 Å². The SMILES string of the molecule is CC(=O)NC(CNC(=O)[C@@H]1CCCNC1)C(=O)OCc1ccccc1. The van der Waals surface area contributed by atoms with Crippen LogP contribution in [0.4, 0.5) is 0 Å². The molecular formula is C18H25N3O4. The summed E-state index contributed by atoms with van der Waals surface area (Å²) in [5.41, 5.74) is 0.856. The van der Waals surface area contributed by atoms with Gasteiger partial charge in [-0.25, -0.2) is 4.79 Å². The van der Waals surface area contributed by atoms with E-state index in [2.05, 4.69) is 16.0 Å². The van der Waals surface area contributed by atoms with E-state index in [1.165, 1.54) is 6.92 Å². The zero-order valence-electron chi connectivity index (χ0n) is 14.4. The summed E-state index contributed by atoms with van der Waals surface area (Å²) in [4.78, 5) is 35.8. The van der Waals surface area contributed by atoms with Gasteiger partial charge in [0.25, 0.3) is 0 Å². The van der Waals surface area contributed by atoms with Gasteiger partial charge in [0, 0.05) is 20.0 Å². The molecular weight excluding hydrogens is 322 g/mol. The molecule has 2 rings (SSSR count). The lowest BCUT2D eigenvalue weighted by atomic mass is 9.99. The average Bonchev–Trinajstić information content (AvgIpc) is 2.64. The summed E-state index contributed by atoms with van der Waals surface area (Å²) >= 11 is 0. The third-order valence-electron chi connectivity index (χ3n) is 4.03. The van der Waals surface area contributed by atoms with Gasteiger partial charge in [-0.05, 0) is 24.9 Å². The lowest BCUT2D eigenvalue weighted by Crippen LogP contribution is -2.50. The van der Waals surface area contributed by atoms with Crippen LogP contribution >= 0.6 is 0 Å². The van der Waals surface area contributed by atoms with Gasteiger partial charge in [0.05, 0.1) is 5.92 Å². The lowest BCUT2D eigenvalue weighted by Gasteiger charge is -2.23. The molecule has 136 valence electrons. The minimum atomic E-state index is -0.901. The number of esters is 1. The molecule has 1 heterocycles. The first-order valence-electron chi connectivity index (χ1n) is 8.52. The highest BCUT2D eigenvalue weighted by atomic mass is 16.5. The maximum Gasteiger partial charge on any atom is 0.330 e. The van der Waals surface area contributed by atoms with Crippen molar-refractivity contribution in [2.75, 3.05) is 19.6 Å². The fraction of sp³-hybridized carbons (Fsp3) is 0.500. The van der Waals surface area contributed by atoms with Gasteiger partial charge in [-0.3, -0.25) is 9.59 Å². The van der Waals surface area contributed by atoms with E-state index in [1.54, 1.807) is 0 Å². The van der Waals surface area contributed by atoms with E-state index in [1.807, 2.05) is 30.3 Å². The molecule has 0 spiro atoms. The number of carbonyl (C=O) groups is 3. The summed E-state index contributed by atoms with van der Waals surface area (Å²) in [6.45, 7) is 3.02. The van der Waals surface area contributed by atoms with Crippen LogP contribution in [0, 0.1) is 5.92 Å². The van der Waals surface area contributed by atoms with Crippen molar-refractivity contribution in [2.45, 2.75) is 32.4 Å². The van der Waals surface area contributed by atoms with Crippen LogP contribution in [-0.4, -0.2) is 43.5 Å². The average molecular weight is 347 g/mol. The molecule has 3 N–H and O–H groups in total. The highest BCUT2D eigenvalue weighted by Crippen LogP contribution is 2.09. The van der Waals surface area contributed by atoms with Crippen LogP contribution in [0.1, 0.15) is 25.3 Å². The van der Waals surface area contributed by atoms with Crippen LogP contribution in [0.15, 0.2) is 30.3 Å². The monoisotopic (exact) mass is 347 g/mol. The molecule has 7 nitrogen and oxygen atoms in total. The minimum absolute atomic E-state index is 0.0164. The summed E-state index contributed by atoms with van der Waals surface area (Å²) in [6, 6.07) is 8.37. The van der Waals surface area contributed by atoms with Gasteiger partial charge < -0.3 is 20.7 Å². The fourth-order valence-corrected chi connectivity index (χ4v) is 2.69. The zero-order valence-corrected chi connectivity index (χ0v) is 14.4. The Labute approximate surface area is 147 Å². The van der Waals surface area contributed by atoms with E-state index in [0.717, 1.165) is 24.9 Å². The van der Waals surface area contributed by atoms with Crippen molar-refractivity contribution in [1.29, 1.82) is 0 Å². The van der Waals surface area contributed by atoms with Crippen molar-refractivity contribution in [3.8, 4) is 0 Å². The van der Waals surface area contributed by atoms with Gasteiger partial charge in [-0.15, -0.1) is 0 Å². The Balaban J connectivity index is 1.85. The number of amides is 2. The van der Waals surface area contributed by atoms with Gasteiger partial charge in [0.1, 0.15) is 12.6 Å². The molecule has 0 aliphatic carbocycles. The number of benzene rings is 1. The predicted molar refractivity (Wildman–Crippen MR) is 92.4 cm³/mol. The van der Waals surface area contributed by atoms with E-state index < -0.39 is 12.0 Å². The van der Waals surface area contributed by atoms with Crippen LogP contribution in [0.25, 0.3) is 0 Å². The smallest absolute Gasteiger partial charge is 0.330 e. The molecule has 2 amide bonds. The topological polar surface area (TPSA) is 96.5 Å². The van der Waals surface area contributed by atoms with Crippen LogP contribution in [0.2, 0.25) is 0 Å². The summed E-state index contributed by atoms with van der Waals surface area (Å²) in [7, 11) is 0.